The van der Waals surface area contributed by atoms with Gasteiger partial charge in [-0.2, -0.15) is 0 Å². The van der Waals surface area contributed by atoms with Crippen molar-refractivity contribution in [2.45, 2.75) is 0 Å². The molecule has 33 heavy (non-hydrogen) atoms. The van der Waals surface area contributed by atoms with Crippen molar-refractivity contribution >= 4 is 22.5 Å². The van der Waals surface area contributed by atoms with Gasteiger partial charge in [-0.1, -0.05) is 17.7 Å². The van der Waals surface area contributed by atoms with Crippen LogP contribution in [0.25, 0.3) is 33.8 Å². The molecule has 2 aromatic carbocycles. The molecule has 0 fully saturated rings. The molecule has 5 rings (SSSR count). The lowest BCUT2D eigenvalue weighted by Gasteiger charge is -2.14. The summed E-state index contributed by atoms with van der Waals surface area (Å²) >= 11 is 5.92. The Hall–Kier alpha value is -4.17. The average molecular weight is 463 g/mol. The zero-order valence-electron chi connectivity index (χ0n) is 16.7. The molecule has 0 spiro atoms. The fourth-order valence-corrected chi connectivity index (χ4v) is 3.64. The second-order valence-corrected chi connectivity index (χ2v) is 7.58. The fourth-order valence-electron chi connectivity index (χ4n) is 3.53. The molecule has 0 aliphatic rings. The van der Waals surface area contributed by atoms with Gasteiger partial charge >= 0.3 is 0 Å². The molecule has 0 aliphatic heterocycles. The van der Waals surface area contributed by atoms with E-state index in [4.69, 9.17) is 11.6 Å². The zero-order valence-corrected chi connectivity index (χ0v) is 17.5. The van der Waals surface area contributed by atoms with Gasteiger partial charge in [-0.3, -0.25) is 14.2 Å². The first-order chi connectivity index (χ1) is 15.9. The second kappa shape index (κ2) is 8.07. The predicted octanol–water partition coefficient (Wildman–Crippen LogP) is 4.53. The van der Waals surface area contributed by atoms with E-state index in [1.807, 2.05) is 0 Å². The van der Waals surface area contributed by atoms with E-state index in [0.717, 1.165) is 10.6 Å². The minimum absolute atomic E-state index is 0.00260. The van der Waals surface area contributed by atoms with Crippen LogP contribution in [-0.4, -0.2) is 19.1 Å². The molecule has 0 saturated carbocycles. The highest BCUT2D eigenvalue weighted by molar-refractivity contribution is 6.30. The average Bonchev–Trinajstić information content (AvgIpc) is 2.80. The fraction of sp³-hybridized carbons (Fsp3) is 0. The molecule has 162 valence electrons. The van der Waals surface area contributed by atoms with Gasteiger partial charge in [-0.15, -0.1) is 0 Å². The van der Waals surface area contributed by atoms with Crippen LogP contribution >= 0.6 is 11.6 Å². The molecule has 9 heteroatoms. The van der Waals surface area contributed by atoms with Crippen LogP contribution in [0.5, 0.6) is 0 Å². The topological polar surface area (TPSA) is 69.8 Å². The summed E-state index contributed by atoms with van der Waals surface area (Å²) in [5.41, 5.74) is -0.430. The van der Waals surface area contributed by atoms with E-state index in [-0.39, 0.29) is 33.7 Å². The van der Waals surface area contributed by atoms with E-state index in [1.165, 1.54) is 59.4 Å². The highest BCUT2D eigenvalue weighted by Gasteiger charge is 2.19. The molecule has 5 aromatic rings. The third-order valence-corrected chi connectivity index (χ3v) is 5.29. The maximum absolute atomic E-state index is 15.3. The number of rotatable bonds is 3. The SMILES string of the molecule is O=c1ccccn1-c1ccc(-c2nc3ccc(F)cc3c(=O)n2-c2ccc(Cl)cn2)c(F)c1. The van der Waals surface area contributed by atoms with E-state index in [0.29, 0.717) is 10.7 Å². The van der Waals surface area contributed by atoms with Crippen LogP contribution in [0.3, 0.4) is 0 Å². The van der Waals surface area contributed by atoms with Crippen LogP contribution in [0.4, 0.5) is 8.78 Å². The summed E-state index contributed by atoms with van der Waals surface area (Å²) in [6, 6.07) is 15.3. The van der Waals surface area contributed by atoms with E-state index in [2.05, 4.69) is 9.97 Å². The molecule has 3 heterocycles. The predicted molar refractivity (Wildman–Crippen MR) is 121 cm³/mol. The first-order valence-electron chi connectivity index (χ1n) is 9.74. The maximum Gasteiger partial charge on any atom is 0.267 e. The minimum atomic E-state index is -0.709. The first kappa shape index (κ1) is 20.7. The Labute approximate surface area is 190 Å². The molecule has 0 aliphatic carbocycles. The Bertz CT molecular complexity index is 1650. The molecule has 0 unspecified atom stereocenters. The monoisotopic (exact) mass is 462 g/mol. The van der Waals surface area contributed by atoms with Crippen LogP contribution < -0.4 is 11.1 Å². The second-order valence-electron chi connectivity index (χ2n) is 7.15. The summed E-state index contributed by atoms with van der Waals surface area (Å²) in [6.45, 7) is 0. The quantitative estimate of drug-likeness (QED) is 0.395. The molecule has 3 aromatic heterocycles. The van der Waals surface area contributed by atoms with E-state index < -0.39 is 17.2 Å². The zero-order chi connectivity index (χ0) is 23.1. The van der Waals surface area contributed by atoms with Gasteiger partial charge in [-0.25, -0.2) is 23.3 Å². The van der Waals surface area contributed by atoms with Crippen LogP contribution in [-0.2, 0) is 0 Å². The van der Waals surface area contributed by atoms with Crippen molar-refractivity contribution < 1.29 is 8.78 Å². The summed E-state index contributed by atoms with van der Waals surface area (Å²) in [6.07, 6.45) is 2.86. The third kappa shape index (κ3) is 3.70. The van der Waals surface area contributed by atoms with Crippen LogP contribution in [0.1, 0.15) is 0 Å². The van der Waals surface area contributed by atoms with Gasteiger partial charge in [0.2, 0.25) is 0 Å². The van der Waals surface area contributed by atoms with Crippen LogP contribution in [0.15, 0.2) is 88.7 Å². The van der Waals surface area contributed by atoms with Gasteiger partial charge in [0, 0.05) is 18.5 Å². The highest BCUT2D eigenvalue weighted by atomic mass is 35.5. The molecule has 0 radical (unpaired) electrons. The van der Waals surface area contributed by atoms with Crippen molar-refractivity contribution in [3.05, 3.63) is 116 Å². The first-order valence-corrected chi connectivity index (χ1v) is 10.1. The van der Waals surface area contributed by atoms with E-state index >= 15 is 4.39 Å². The summed E-state index contributed by atoms with van der Waals surface area (Å²) < 4.78 is 31.6. The van der Waals surface area contributed by atoms with Crippen molar-refractivity contribution in [3.63, 3.8) is 0 Å². The number of hydrogen-bond acceptors (Lipinski definition) is 4. The molecule has 0 bridgehead atoms. The Kier molecular flexibility index (Phi) is 5.07. The van der Waals surface area contributed by atoms with E-state index in [9.17, 15) is 14.0 Å². The molecule has 0 atom stereocenters. The maximum atomic E-state index is 15.3. The standard InChI is InChI=1S/C24H13ClF2N4O2/c25-14-4-9-21(28-13-14)31-23(29-20-8-5-15(26)11-18(20)24(31)33)17-7-6-16(12-19(17)27)30-10-2-1-3-22(30)32/h1-13H. The molecular weight excluding hydrogens is 450 g/mol. The number of benzene rings is 2. The van der Waals surface area contributed by atoms with Crippen molar-refractivity contribution in [1.82, 2.24) is 19.1 Å². The Morgan fingerprint density at radius 1 is 0.909 bits per heavy atom. The lowest BCUT2D eigenvalue weighted by Crippen LogP contribution is -2.23. The van der Waals surface area contributed by atoms with Crippen molar-refractivity contribution in [2.24, 2.45) is 0 Å². The Balaban J connectivity index is 1.79. The summed E-state index contributed by atoms with van der Waals surface area (Å²) in [5, 5.41) is 0.361. The third-order valence-electron chi connectivity index (χ3n) is 5.07. The summed E-state index contributed by atoms with van der Waals surface area (Å²) in [4.78, 5) is 34.0. The summed E-state index contributed by atoms with van der Waals surface area (Å²) in [7, 11) is 0. The van der Waals surface area contributed by atoms with Crippen molar-refractivity contribution in [1.29, 1.82) is 0 Å². The lowest BCUT2D eigenvalue weighted by atomic mass is 10.1. The number of nitrogens with zero attached hydrogens (tertiary/aromatic N) is 4. The van der Waals surface area contributed by atoms with Gasteiger partial charge in [0.05, 0.1) is 27.2 Å². The van der Waals surface area contributed by atoms with Crippen LogP contribution in [0.2, 0.25) is 5.02 Å². The Morgan fingerprint density at radius 2 is 1.76 bits per heavy atom. The molecule has 0 amide bonds. The van der Waals surface area contributed by atoms with Gasteiger partial charge in [-0.05, 0) is 54.6 Å². The van der Waals surface area contributed by atoms with E-state index in [1.54, 1.807) is 18.2 Å². The highest BCUT2D eigenvalue weighted by Crippen LogP contribution is 2.26. The lowest BCUT2D eigenvalue weighted by molar-refractivity contribution is 0.626. The molecule has 0 N–H and O–H groups in total. The summed E-state index contributed by atoms with van der Waals surface area (Å²) in [5.74, 6) is -1.20. The number of pyridine rings is 2. The number of halogens is 3. The minimum Gasteiger partial charge on any atom is -0.284 e. The van der Waals surface area contributed by atoms with Crippen molar-refractivity contribution in [3.8, 4) is 22.9 Å². The smallest absolute Gasteiger partial charge is 0.267 e. The molecule has 6 nitrogen and oxygen atoms in total. The number of aromatic nitrogens is 4. The van der Waals surface area contributed by atoms with Crippen LogP contribution in [0, 0.1) is 11.6 Å². The number of fused-ring (bicyclic) bond motifs is 1. The van der Waals surface area contributed by atoms with Gasteiger partial charge in [0.15, 0.2) is 5.82 Å². The van der Waals surface area contributed by atoms with Gasteiger partial charge < -0.3 is 0 Å². The van der Waals surface area contributed by atoms with Gasteiger partial charge in [0.25, 0.3) is 11.1 Å². The van der Waals surface area contributed by atoms with Crippen molar-refractivity contribution in [2.75, 3.05) is 0 Å². The van der Waals surface area contributed by atoms with Gasteiger partial charge in [0.1, 0.15) is 17.5 Å². The normalized spacial score (nSPS) is 11.1. The largest absolute Gasteiger partial charge is 0.284 e. The molecular formula is C24H13ClF2N4O2. The Morgan fingerprint density at radius 3 is 2.48 bits per heavy atom. The molecule has 0 saturated heterocycles. The number of hydrogen-bond donors (Lipinski definition) is 0.